The van der Waals surface area contributed by atoms with Crippen molar-refractivity contribution in [3.05, 3.63) is 29.8 Å². The minimum atomic E-state index is -3.67. The number of nitrogens with zero attached hydrogens (tertiary/aromatic N) is 1. The summed E-state index contributed by atoms with van der Waals surface area (Å²) in [6.07, 6.45) is 9.84. The average Bonchev–Trinajstić information content (AvgIpc) is 3.14. The standard InChI is InChI=1S/C28H40N2O4S/c1-18-5-8-22(9-6-18)35(32,33)30-29-26-12-11-24-23-10-7-20-17-21(34-19(2)31)13-15-27(20,3)25(23)14-16-28(24,26)4/h5-6,8-9,20-21,23-25,30H,7,10-17H2,1-4H3/b29-26-/t20-,21+,23+,24+,25+,27+,28+/m1/s1. The molecule has 192 valence electrons. The number of hydrazone groups is 1. The third kappa shape index (κ3) is 4.32. The fraction of sp³-hybridized carbons (Fsp3) is 0.714. The van der Waals surface area contributed by atoms with Gasteiger partial charge in [0, 0.05) is 18.1 Å². The number of sulfonamides is 1. The first-order valence-electron chi connectivity index (χ1n) is 13.4. The molecule has 1 aromatic carbocycles. The van der Waals surface area contributed by atoms with Crippen LogP contribution in [0, 0.1) is 41.4 Å². The third-order valence-corrected chi connectivity index (χ3v) is 11.5. The highest BCUT2D eigenvalue weighted by Gasteiger charge is 2.59. The topological polar surface area (TPSA) is 84.8 Å². The molecule has 4 aliphatic carbocycles. The van der Waals surface area contributed by atoms with Crippen molar-refractivity contribution in [2.45, 2.75) is 96.5 Å². The van der Waals surface area contributed by atoms with E-state index in [4.69, 9.17) is 4.74 Å². The molecule has 0 spiro atoms. The van der Waals surface area contributed by atoms with E-state index in [1.54, 1.807) is 12.1 Å². The lowest BCUT2D eigenvalue weighted by Crippen LogP contribution is -2.54. The molecule has 0 radical (unpaired) electrons. The molecule has 4 saturated carbocycles. The van der Waals surface area contributed by atoms with Crippen LogP contribution < -0.4 is 4.83 Å². The predicted molar refractivity (Wildman–Crippen MR) is 136 cm³/mol. The molecule has 1 N–H and O–H groups in total. The van der Waals surface area contributed by atoms with Gasteiger partial charge in [0.15, 0.2) is 0 Å². The molecular weight excluding hydrogens is 460 g/mol. The molecule has 0 unspecified atom stereocenters. The summed E-state index contributed by atoms with van der Waals surface area (Å²) in [7, 11) is -3.67. The zero-order chi connectivity index (χ0) is 25.0. The SMILES string of the molecule is CC(=O)O[C@H]1CC[C@@]2(C)[C@H](CC[C@@H]3[C@@H]2CC[C@]2(C)/C(=N\NS(=O)(=O)c4ccc(C)cc4)CC[C@@H]32)C1. The molecule has 0 aliphatic heterocycles. The van der Waals surface area contributed by atoms with Crippen LogP contribution in [-0.4, -0.2) is 26.2 Å². The van der Waals surface area contributed by atoms with Crippen LogP contribution in [0.4, 0.5) is 0 Å². The van der Waals surface area contributed by atoms with Gasteiger partial charge in [-0.25, -0.2) is 4.83 Å². The van der Waals surface area contributed by atoms with Crippen LogP contribution in [0.5, 0.6) is 0 Å². The first kappa shape index (κ1) is 24.8. The van der Waals surface area contributed by atoms with Gasteiger partial charge in [0.1, 0.15) is 6.10 Å². The minimum absolute atomic E-state index is 0.0326. The number of esters is 1. The molecule has 35 heavy (non-hydrogen) atoms. The Balaban J connectivity index is 1.31. The Bertz CT molecular complexity index is 1110. The van der Waals surface area contributed by atoms with E-state index in [0.29, 0.717) is 29.1 Å². The fourth-order valence-electron chi connectivity index (χ4n) is 8.42. The molecule has 5 rings (SSSR count). The second kappa shape index (κ2) is 8.89. The van der Waals surface area contributed by atoms with Gasteiger partial charge >= 0.3 is 5.97 Å². The Morgan fingerprint density at radius 3 is 2.49 bits per heavy atom. The summed E-state index contributed by atoms with van der Waals surface area (Å²) >= 11 is 0. The van der Waals surface area contributed by atoms with Gasteiger partial charge in [-0.2, -0.15) is 13.5 Å². The quantitative estimate of drug-likeness (QED) is 0.431. The van der Waals surface area contributed by atoms with Crippen LogP contribution in [0.15, 0.2) is 34.3 Å². The van der Waals surface area contributed by atoms with E-state index in [9.17, 15) is 13.2 Å². The maximum absolute atomic E-state index is 12.8. The number of carbonyl (C=O) groups excluding carboxylic acids is 1. The number of nitrogens with one attached hydrogen (secondary N) is 1. The van der Waals surface area contributed by atoms with Crippen molar-refractivity contribution >= 4 is 21.7 Å². The first-order valence-corrected chi connectivity index (χ1v) is 14.8. The van der Waals surface area contributed by atoms with Gasteiger partial charge < -0.3 is 4.74 Å². The molecule has 0 heterocycles. The molecule has 4 aliphatic rings. The number of rotatable bonds is 4. The molecular formula is C28H40N2O4S. The van der Waals surface area contributed by atoms with Crippen molar-refractivity contribution < 1.29 is 17.9 Å². The van der Waals surface area contributed by atoms with Crippen molar-refractivity contribution in [1.82, 2.24) is 4.83 Å². The predicted octanol–water partition coefficient (Wildman–Crippen LogP) is 5.60. The van der Waals surface area contributed by atoms with Crippen LogP contribution in [0.25, 0.3) is 0 Å². The Labute approximate surface area is 210 Å². The molecule has 6 nitrogen and oxygen atoms in total. The lowest BCUT2D eigenvalue weighted by Gasteiger charge is -2.60. The maximum atomic E-state index is 12.8. The Morgan fingerprint density at radius 1 is 1.03 bits per heavy atom. The van der Waals surface area contributed by atoms with E-state index in [-0.39, 0.29) is 22.4 Å². The second-order valence-corrected chi connectivity index (χ2v) is 13.8. The molecule has 0 bridgehead atoms. The largest absolute Gasteiger partial charge is 0.463 e. The molecule has 7 atom stereocenters. The molecule has 0 saturated heterocycles. The van der Waals surface area contributed by atoms with Gasteiger partial charge in [0.05, 0.1) is 4.90 Å². The Kier molecular flexibility index (Phi) is 6.30. The zero-order valence-electron chi connectivity index (χ0n) is 21.5. The van der Waals surface area contributed by atoms with Crippen molar-refractivity contribution in [2.24, 2.45) is 39.6 Å². The Morgan fingerprint density at radius 2 is 1.77 bits per heavy atom. The second-order valence-electron chi connectivity index (χ2n) is 12.1. The van der Waals surface area contributed by atoms with Crippen LogP contribution in [0.2, 0.25) is 0 Å². The van der Waals surface area contributed by atoms with E-state index in [0.717, 1.165) is 49.8 Å². The Hall–Kier alpha value is -1.89. The highest BCUT2D eigenvalue weighted by atomic mass is 32.2. The number of benzene rings is 1. The summed E-state index contributed by atoms with van der Waals surface area (Å²) < 4.78 is 31.3. The van der Waals surface area contributed by atoms with E-state index >= 15 is 0 Å². The van der Waals surface area contributed by atoms with Crippen molar-refractivity contribution in [3.63, 3.8) is 0 Å². The molecule has 0 aromatic heterocycles. The number of fused-ring (bicyclic) bond motifs is 5. The molecule has 1 aromatic rings. The fourth-order valence-corrected chi connectivity index (χ4v) is 9.25. The van der Waals surface area contributed by atoms with Gasteiger partial charge in [-0.15, -0.1) is 0 Å². The van der Waals surface area contributed by atoms with Gasteiger partial charge in [-0.1, -0.05) is 31.5 Å². The smallest absolute Gasteiger partial charge is 0.302 e. The highest BCUT2D eigenvalue weighted by Crippen LogP contribution is 2.65. The van der Waals surface area contributed by atoms with E-state index in [2.05, 4.69) is 23.8 Å². The van der Waals surface area contributed by atoms with Gasteiger partial charge in [0.2, 0.25) is 0 Å². The maximum Gasteiger partial charge on any atom is 0.302 e. The lowest BCUT2D eigenvalue weighted by molar-refractivity contribution is -0.158. The normalized spacial score (nSPS) is 39.9. The van der Waals surface area contributed by atoms with E-state index in [1.807, 2.05) is 19.1 Å². The number of hydrogen-bond acceptors (Lipinski definition) is 5. The van der Waals surface area contributed by atoms with E-state index in [1.165, 1.54) is 26.2 Å². The number of carbonyl (C=O) groups is 1. The summed E-state index contributed by atoms with van der Waals surface area (Å²) in [4.78, 5) is 14.3. The summed E-state index contributed by atoms with van der Waals surface area (Å²) in [6.45, 7) is 8.29. The number of hydrogen-bond donors (Lipinski definition) is 1. The number of aryl methyl sites for hydroxylation is 1. The summed E-state index contributed by atoms with van der Waals surface area (Å²) in [5, 5.41) is 4.55. The van der Waals surface area contributed by atoms with Crippen molar-refractivity contribution in [2.75, 3.05) is 0 Å². The van der Waals surface area contributed by atoms with Crippen LogP contribution in [-0.2, 0) is 19.6 Å². The third-order valence-electron chi connectivity index (χ3n) is 10.3. The van der Waals surface area contributed by atoms with Crippen LogP contribution in [0.3, 0.4) is 0 Å². The minimum Gasteiger partial charge on any atom is -0.463 e. The van der Waals surface area contributed by atoms with Crippen molar-refractivity contribution in [3.8, 4) is 0 Å². The monoisotopic (exact) mass is 500 g/mol. The highest BCUT2D eigenvalue weighted by molar-refractivity contribution is 7.89. The summed E-state index contributed by atoms with van der Waals surface area (Å²) in [5.41, 5.74) is 2.34. The molecule has 4 fully saturated rings. The summed E-state index contributed by atoms with van der Waals surface area (Å²) in [5.74, 6) is 2.40. The van der Waals surface area contributed by atoms with E-state index < -0.39 is 10.0 Å². The van der Waals surface area contributed by atoms with Crippen molar-refractivity contribution in [1.29, 1.82) is 0 Å². The zero-order valence-corrected chi connectivity index (χ0v) is 22.4. The number of ether oxygens (including phenoxy) is 1. The molecule has 7 heteroatoms. The lowest BCUT2D eigenvalue weighted by atomic mass is 9.45. The van der Waals surface area contributed by atoms with Gasteiger partial charge in [-0.05, 0) is 106 Å². The first-order chi connectivity index (χ1) is 16.5. The average molecular weight is 501 g/mol. The van der Waals surface area contributed by atoms with Crippen LogP contribution in [0.1, 0.15) is 84.1 Å². The summed E-state index contributed by atoms with van der Waals surface area (Å²) in [6, 6.07) is 6.90. The van der Waals surface area contributed by atoms with Crippen LogP contribution >= 0.6 is 0 Å². The molecule has 0 amide bonds. The van der Waals surface area contributed by atoms with Gasteiger partial charge in [-0.3, -0.25) is 4.79 Å². The van der Waals surface area contributed by atoms with Gasteiger partial charge in [0.25, 0.3) is 10.0 Å².